The number of esters is 1. The van der Waals surface area contributed by atoms with Crippen LogP contribution in [0.5, 0.6) is 0 Å². The van der Waals surface area contributed by atoms with Crippen LogP contribution in [0.25, 0.3) is 0 Å². The molecule has 1 amide bonds. The average Bonchev–Trinajstić information content (AvgIpc) is 3.32. The second-order valence-electron chi connectivity index (χ2n) is 18.6. The maximum Gasteiger partial charge on any atom is 0.305 e. The summed E-state index contributed by atoms with van der Waals surface area (Å²) >= 11 is 0. The smallest absolute Gasteiger partial charge is 0.305 e. The minimum atomic E-state index is -1.59. The van der Waals surface area contributed by atoms with Gasteiger partial charge < -0.3 is 45.1 Å². The molecule has 7 atom stereocenters. The maximum atomic E-state index is 13.0. The number of unbranched alkanes of at least 4 members (excludes halogenated alkanes) is 24. The number of carbonyl (C=O) groups is 2. The SMILES string of the molecule is CCCCC/C=C\CCCCCCCC(=O)OCCCCC/C=C\C=C/CCCCCCCCC(=O)NC(COC1OC(CO)C(O)C(O)C1O)C(O)/C=C/CC/C=C/CCCCCCCC. The first kappa shape index (κ1) is 62.4. The fourth-order valence-corrected chi connectivity index (χ4v) is 7.96. The normalized spacial score (nSPS) is 20.0. The molecule has 1 aliphatic heterocycles. The first-order chi connectivity index (χ1) is 32.7. The Morgan fingerprint density at radius 3 is 1.60 bits per heavy atom. The van der Waals surface area contributed by atoms with Crippen molar-refractivity contribution in [1.82, 2.24) is 5.32 Å². The lowest BCUT2D eigenvalue weighted by Gasteiger charge is -2.40. The molecule has 6 N–H and O–H groups in total. The largest absolute Gasteiger partial charge is 0.466 e. The van der Waals surface area contributed by atoms with Crippen molar-refractivity contribution in [2.75, 3.05) is 19.8 Å². The first-order valence-corrected chi connectivity index (χ1v) is 27.1. The zero-order valence-corrected chi connectivity index (χ0v) is 42.3. The van der Waals surface area contributed by atoms with Crippen molar-refractivity contribution in [1.29, 1.82) is 0 Å². The van der Waals surface area contributed by atoms with E-state index in [-0.39, 0.29) is 18.5 Å². The van der Waals surface area contributed by atoms with E-state index in [1.54, 1.807) is 6.08 Å². The van der Waals surface area contributed by atoms with Crippen molar-refractivity contribution in [2.45, 2.75) is 262 Å². The van der Waals surface area contributed by atoms with Gasteiger partial charge in [-0.25, -0.2) is 0 Å². The Morgan fingerprint density at radius 1 is 0.552 bits per heavy atom. The van der Waals surface area contributed by atoms with Crippen LogP contribution in [0.4, 0.5) is 0 Å². The minimum absolute atomic E-state index is 0.0531. The van der Waals surface area contributed by atoms with Crippen molar-refractivity contribution < 1.29 is 49.3 Å². The molecule has 0 aromatic carbocycles. The van der Waals surface area contributed by atoms with Crippen molar-refractivity contribution in [3.05, 3.63) is 60.8 Å². The fourth-order valence-electron chi connectivity index (χ4n) is 7.96. The summed E-state index contributed by atoms with van der Waals surface area (Å²) in [7, 11) is 0. The Labute approximate surface area is 408 Å². The Balaban J connectivity index is 2.20. The first-order valence-electron chi connectivity index (χ1n) is 27.1. The highest BCUT2D eigenvalue weighted by Crippen LogP contribution is 2.22. The number of allylic oxidation sites excluding steroid dienone is 9. The van der Waals surface area contributed by atoms with Gasteiger partial charge in [0.25, 0.3) is 0 Å². The van der Waals surface area contributed by atoms with Gasteiger partial charge in [-0.2, -0.15) is 0 Å². The number of carbonyl (C=O) groups excluding carboxylic acids is 2. The summed E-state index contributed by atoms with van der Waals surface area (Å²) in [5.41, 5.74) is 0. The third-order valence-corrected chi connectivity index (χ3v) is 12.4. The lowest BCUT2D eigenvalue weighted by atomic mass is 9.99. The van der Waals surface area contributed by atoms with E-state index in [2.05, 4.69) is 67.8 Å². The van der Waals surface area contributed by atoms with Crippen molar-refractivity contribution >= 4 is 11.9 Å². The summed E-state index contributed by atoms with van der Waals surface area (Å²) in [6, 6.07) is -0.845. The molecule has 11 nitrogen and oxygen atoms in total. The zero-order chi connectivity index (χ0) is 48.8. The second kappa shape index (κ2) is 45.8. The standard InChI is InChI=1S/C56H99NO10/c1-3-5-7-9-11-13-15-22-26-30-34-38-42-49(59)48(47-66-56-55(64)54(63)53(62)50(46-58)67-56)57-51(60)43-39-35-31-27-23-20-18-17-19-21-25-29-33-37-41-45-65-52(61)44-40-36-32-28-24-16-14-12-10-8-6-4-2/h12,14,17,19,21-22,25-26,38,42,48-50,53-56,58-59,62-64H,3-11,13,15-16,18,20,23-24,27-37,39-41,43-47H2,1-2H3,(H,57,60)/b14-12-,19-17-,25-21-,26-22+,42-38+. The number of aliphatic hydroxyl groups excluding tert-OH is 5. The summed E-state index contributed by atoms with van der Waals surface area (Å²) in [5, 5.41) is 54.2. The topological polar surface area (TPSA) is 175 Å². The highest BCUT2D eigenvalue weighted by Gasteiger charge is 2.44. The molecule has 0 saturated carbocycles. The van der Waals surface area contributed by atoms with Crippen LogP contribution in [-0.4, -0.2) is 100 Å². The lowest BCUT2D eigenvalue weighted by Crippen LogP contribution is -2.60. The van der Waals surface area contributed by atoms with Crippen LogP contribution < -0.4 is 5.32 Å². The van der Waals surface area contributed by atoms with E-state index in [4.69, 9.17) is 14.2 Å². The highest BCUT2D eigenvalue weighted by molar-refractivity contribution is 5.76. The van der Waals surface area contributed by atoms with E-state index in [0.717, 1.165) is 103 Å². The molecule has 1 saturated heterocycles. The van der Waals surface area contributed by atoms with Crippen LogP contribution in [0.1, 0.15) is 219 Å². The van der Waals surface area contributed by atoms with E-state index in [9.17, 15) is 35.1 Å². The molecule has 0 spiro atoms. The van der Waals surface area contributed by atoms with Crippen LogP contribution in [0.15, 0.2) is 60.8 Å². The van der Waals surface area contributed by atoms with Crippen LogP contribution in [0.2, 0.25) is 0 Å². The molecule has 0 aromatic heterocycles. The highest BCUT2D eigenvalue weighted by atomic mass is 16.7. The van der Waals surface area contributed by atoms with Gasteiger partial charge in [0.2, 0.25) is 5.91 Å². The molecule has 1 fully saturated rings. The molecule has 11 heteroatoms. The lowest BCUT2D eigenvalue weighted by molar-refractivity contribution is -0.302. The quantitative estimate of drug-likeness (QED) is 0.0149. The summed E-state index contributed by atoms with van der Waals surface area (Å²) in [6.07, 6.45) is 47.3. The van der Waals surface area contributed by atoms with Gasteiger partial charge in [-0.15, -0.1) is 0 Å². The molecule has 67 heavy (non-hydrogen) atoms. The number of nitrogens with one attached hydrogen (secondary N) is 1. The van der Waals surface area contributed by atoms with Gasteiger partial charge in [-0.3, -0.25) is 9.59 Å². The Hall–Kier alpha value is -2.64. The minimum Gasteiger partial charge on any atom is -0.466 e. The molecule has 0 aromatic rings. The van der Waals surface area contributed by atoms with Gasteiger partial charge in [0, 0.05) is 12.8 Å². The Kier molecular flexibility index (Phi) is 42.6. The summed E-state index contributed by atoms with van der Waals surface area (Å²) in [6.45, 7) is 4.19. The number of hydrogen-bond donors (Lipinski definition) is 6. The Bertz CT molecular complexity index is 1300. The van der Waals surface area contributed by atoms with Gasteiger partial charge in [0.15, 0.2) is 6.29 Å². The van der Waals surface area contributed by atoms with E-state index >= 15 is 0 Å². The molecule has 1 rings (SSSR count). The van der Waals surface area contributed by atoms with E-state index < -0.39 is 49.5 Å². The van der Waals surface area contributed by atoms with E-state index in [0.29, 0.717) is 19.4 Å². The van der Waals surface area contributed by atoms with Crippen LogP contribution >= 0.6 is 0 Å². The van der Waals surface area contributed by atoms with Gasteiger partial charge >= 0.3 is 5.97 Å². The maximum absolute atomic E-state index is 13.0. The molecule has 0 aliphatic carbocycles. The van der Waals surface area contributed by atoms with Gasteiger partial charge in [-0.05, 0) is 103 Å². The van der Waals surface area contributed by atoms with Crippen molar-refractivity contribution in [2.24, 2.45) is 0 Å². The van der Waals surface area contributed by atoms with Crippen LogP contribution in [0.3, 0.4) is 0 Å². The van der Waals surface area contributed by atoms with E-state index in [1.807, 2.05) is 6.08 Å². The van der Waals surface area contributed by atoms with Gasteiger partial charge in [0.1, 0.15) is 24.4 Å². The van der Waals surface area contributed by atoms with Gasteiger partial charge in [-0.1, -0.05) is 164 Å². The third kappa shape index (κ3) is 36.0. The number of rotatable bonds is 45. The molecule has 1 heterocycles. The summed E-state index contributed by atoms with van der Waals surface area (Å²) in [5.74, 6) is -0.270. The molecular formula is C56H99NO10. The third-order valence-electron chi connectivity index (χ3n) is 12.4. The molecule has 1 aliphatic rings. The number of hydrogen-bond acceptors (Lipinski definition) is 10. The molecule has 388 valence electrons. The van der Waals surface area contributed by atoms with Crippen molar-refractivity contribution in [3.8, 4) is 0 Å². The van der Waals surface area contributed by atoms with Crippen LogP contribution in [-0.2, 0) is 23.8 Å². The predicted molar refractivity (Wildman–Crippen MR) is 273 cm³/mol. The number of amides is 1. The van der Waals surface area contributed by atoms with Crippen LogP contribution in [0, 0.1) is 0 Å². The predicted octanol–water partition coefficient (Wildman–Crippen LogP) is 11.5. The molecule has 0 radical (unpaired) electrons. The summed E-state index contributed by atoms with van der Waals surface area (Å²) < 4.78 is 16.6. The summed E-state index contributed by atoms with van der Waals surface area (Å²) in [4.78, 5) is 25.0. The molecule has 0 bridgehead atoms. The monoisotopic (exact) mass is 946 g/mol. The molecular weight excluding hydrogens is 847 g/mol. The van der Waals surface area contributed by atoms with Gasteiger partial charge in [0.05, 0.1) is 32.0 Å². The molecule has 7 unspecified atom stereocenters. The van der Waals surface area contributed by atoms with Crippen molar-refractivity contribution in [3.63, 3.8) is 0 Å². The zero-order valence-electron chi connectivity index (χ0n) is 42.3. The second-order valence-corrected chi connectivity index (χ2v) is 18.6. The fraction of sp³-hybridized carbons (Fsp3) is 0.786. The van der Waals surface area contributed by atoms with E-state index in [1.165, 1.54) is 89.9 Å². The average molecular weight is 946 g/mol. The Morgan fingerprint density at radius 2 is 1.01 bits per heavy atom. The number of ether oxygens (including phenoxy) is 3. The number of aliphatic hydroxyl groups is 5.